The van der Waals surface area contributed by atoms with E-state index in [0.29, 0.717) is 26.1 Å². The van der Waals surface area contributed by atoms with E-state index in [1.807, 2.05) is 0 Å². The molecule has 7 heteroatoms. The molecule has 3 rings (SSSR count). The summed E-state index contributed by atoms with van der Waals surface area (Å²) < 4.78 is 18.7. The highest BCUT2D eigenvalue weighted by Crippen LogP contribution is 2.29. The number of piperidine rings is 1. The number of nitrogens with zero attached hydrogens (tertiary/aromatic N) is 1. The van der Waals surface area contributed by atoms with Crippen molar-refractivity contribution in [1.29, 1.82) is 0 Å². The summed E-state index contributed by atoms with van der Waals surface area (Å²) in [7, 11) is 0. The highest BCUT2D eigenvalue weighted by Gasteiger charge is 2.44. The normalized spacial score (nSPS) is 24.9. The second kappa shape index (κ2) is 5.18. The molecule has 2 amide bonds. The largest absolute Gasteiger partial charge is 0.439 e. The summed E-state index contributed by atoms with van der Waals surface area (Å²) in [5.41, 5.74) is -0.461. The van der Waals surface area contributed by atoms with Crippen molar-refractivity contribution in [1.82, 2.24) is 10.2 Å². The minimum absolute atomic E-state index is 0.180. The van der Waals surface area contributed by atoms with Crippen molar-refractivity contribution in [2.24, 2.45) is 0 Å². The van der Waals surface area contributed by atoms with Gasteiger partial charge in [0.15, 0.2) is 0 Å². The Labute approximate surface area is 126 Å². The third kappa shape index (κ3) is 2.81. The van der Waals surface area contributed by atoms with Gasteiger partial charge in [0.05, 0.1) is 13.1 Å². The molecule has 0 bridgehead atoms. The van der Waals surface area contributed by atoms with Crippen LogP contribution in [-0.2, 0) is 4.74 Å². The molecule has 112 valence electrons. The van der Waals surface area contributed by atoms with E-state index in [2.05, 4.69) is 5.32 Å². The molecule has 2 aliphatic rings. The minimum Gasteiger partial charge on any atom is -0.439 e. The molecule has 0 aliphatic carbocycles. The summed E-state index contributed by atoms with van der Waals surface area (Å²) in [6.45, 7) is 1.24. The van der Waals surface area contributed by atoms with Gasteiger partial charge >= 0.3 is 6.09 Å². The van der Waals surface area contributed by atoms with E-state index in [9.17, 15) is 14.0 Å². The van der Waals surface area contributed by atoms with Gasteiger partial charge in [-0.05, 0) is 31.0 Å². The van der Waals surface area contributed by atoms with Crippen LogP contribution in [0.4, 0.5) is 9.18 Å². The predicted molar refractivity (Wildman–Crippen MR) is 73.8 cm³/mol. The van der Waals surface area contributed by atoms with Crippen LogP contribution in [0.1, 0.15) is 23.2 Å². The number of hydrogen-bond donors (Lipinski definition) is 1. The zero-order valence-electron chi connectivity index (χ0n) is 11.2. The van der Waals surface area contributed by atoms with Crippen molar-refractivity contribution in [3.05, 3.63) is 34.6 Å². The average Bonchev–Trinajstić information content (AvgIpc) is 2.77. The first-order valence-corrected chi connectivity index (χ1v) is 7.07. The van der Waals surface area contributed by atoms with E-state index in [-0.39, 0.29) is 16.5 Å². The number of benzene rings is 1. The lowest BCUT2D eigenvalue weighted by Crippen LogP contribution is -2.52. The number of nitrogens with one attached hydrogen (secondary N) is 1. The number of likely N-dealkylation sites (tertiary alicyclic amines) is 1. The van der Waals surface area contributed by atoms with E-state index in [1.165, 1.54) is 6.07 Å². The quantitative estimate of drug-likeness (QED) is 0.865. The van der Waals surface area contributed by atoms with Gasteiger partial charge in [-0.25, -0.2) is 9.18 Å². The van der Waals surface area contributed by atoms with E-state index < -0.39 is 17.5 Å². The lowest BCUT2D eigenvalue weighted by atomic mass is 9.92. The van der Waals surface area contributed by atoms with Crippen LogP contribution in [0.5, 0.6) is 0 Å². The summed E-state index contributed by atoms with van der Waals surface area (Å²) in [6.07, 6.45) is 0.974. The molecule has 5 nitrogen and oxygen atoms in total. The number of ether oxygens (including phenoxy) is 1. The molecule has 0 radical (unpaired) electrons. The fourth-order valence-electron chi connectivity index (χ4n) is 2.86. The molecule has 2 heterocycles. The van der Waals surface area contributed by atoms with Gasteiger partial charge in [0.1, 0.15) is 11.4 Å². The Morgan fingerprint density at radius 2 is 2.24 bits per heavy atom. The van der Waals surface area contributed by atoms with Gasteiger partial charge < -0.3 is 15.0 Å². The Hall–Kier alpha value is -1.82. The Kier molecular flexibility index (Phi) is 3.49. The van der Waals surface area contributed by atoms with Crippen LogP contribution in [0, 0.1) is 5.82 Å². The van der Waals surface area contributed by atoms with Crippen LogP contribution >= 0.6 is 11.6 Å². The number of carbonyl (C=O) groups is 2. The van der Waals surface area contributed by atoms with Crippen LogP contribution in [-0.4, -0.2) is 42.1 Å². The smallest absolute Gasteiger partial charge is 0.407 e. The van der Waals surface area contributed by atoms with E-state index >= 15 is 0 Å². The number of carbonyl (C=O) groups excluding carboxylic acids is 2. The van der Waals surface area contributed by atoms with Crippen LogP contribution in [0.25, 0.3) is 0 Å². The predicted octanol–water partition coefficient (Wildman–Crippen LogP) is 2.19. The van der Waals surface area contributed by atoms with Gasteiger partial charge in [-0.2, -0.15) is 0 Å². The maximum absolute atomic E-state index is 13.4. The molecule has 1 aromatic rings. The molecule has 0 saturated carbocycles. The Morgan fingerprint density at radius 1 is 1.43 bits per heavy atom. The van der Waals surface area contributed by atoms with Gasteiger partial charge in [0.25, 0.3) is 5.91 Å². The maximum Gasteiger partial charge on any atom is 0.407 e. The SMILES string of the molecule is O=C1NCC2(CCCN(C(=O)c3cc(F)cc(Cl)c3)C2)O1. The molecule has 1 aromatic carbocycles. The second-order valence-corrected chi connectivity index (χ2v) is 5.85. The van der Waals surface area contributed by atoms with Crippen molar-refractivity contribution < 1.29 is 18.7 Å². The Bertz CT molecular complexity index is 590. The number of amides is 2. The molecule has 0 aromatic heterocycles. The van der Waals surface area contributed by atoms with Crippen molar-refractivity contribution in [2.75, 3.05) is 19.6 Å². The summed E-state index contributed by atoms with van der Waals surface area (Å²) in [5.74, 6) is -0.857. The molecular weight excluding hydrogens is 299 g/mol. The van der Waals surface area contributed by atoms with Gasteiger partial charge in [0, 0.05) is 17.1 Å². The molecule has 1 N–H and O–H groups in total. The number of hydrogen-bond acceptors (Lipinski definition) is 3. The van der Waals surface area contributed by atoms with E-state index in [0.717, 1.165) is 18.6 Å². The Morgan fingerprint density at radius 3 is 2.90 bits per heavy atom. The molecule has 2 saturated heterocycles. The Balaban J connectivity index is 1.79. The number of rotatable bonds is 1. The second-order valence-electron chi connectivity index (χ2n) is 5.41. The zero-order chi connectivity index (χ0) is 15.0. The van der Waals surface area contributed by atoms with Crippen molar-refractivity contribution in [3.8, 4) is 0 Å². The summed E-state index contributed by atoms with van der Waals surface area (Å²) >= 11 is 5.78. The van der Waals surface area contributed by atoms with Gasteiger partial charge in [-0.3, -0.25) is 4.79 Å². The maximum atomic E-state index is 13.4. The van der Waals surface area contributed by atoms with E-state index in [1.54, 1.807) is 4.90 Å². The molecule has 2 fully saturated rings. The monoisotopic (exact) mass is 312 g/mol. The van der Waals surface area contributed by atoms with Gasteiger partial charge in [-0.15, -0.1) is 0 Å². The van der Waals surface area contributed by atoms with Gasteiger partial charge in [-0.1, -0.05) is 11.6 Å². The summed E-state index contributed by atoms with van der Waals surface area (Å²) in [6, 6.07) is 3.75. The van der Waals surface area contributed by atoms with Crippen molar-refractivity contribution in [3.63, 3.8) is 0 Å². The molecular formula is C14H14ClFN2O3. The number of alkyl carbamates (subject to hydrolysis) is 1. The first kappa shape index (κ1) is 14.1. The topological polar surface area (TPSA) is 58.6 Å². The zero-order valence-corrected chi connectivity index (χ0v) is 12.0. The summed E-state index contributed by atoms with van der Waals surface area (Å²) in [4.78, 5) is 25.3. The van der Waals surface area contributed by atoms with Crippen molar-refractivity contribution in [2.45, 2.75) is 18.4 Å². The van der Waals surface area contributed by atoms with E-state index in [4.69, 9.17) is 16.3 Å². The number of halogens is 2. The molecule has 1 unspecified atom stereocenters. The first-order valence-electron chi connectivity index (χ1n) is 6.70. The van der Waals surface area contributed by atoms with Crippen LogP contribution in [0.2, 0.25) is 5.02 Å². The van der Waals surface area contributed by atoms with Crippen LogP contribution in [0.15, 0.2) is 18.2 Å². The standard InChI is InChI=1S/C14H14ClFN2O3/c15-10-4-9(5-11(16)6-10)12(19)18-3-1-2-14(8-18)7-17-13(20)21-14/h4-6H,1-3,7-8H2,(H,17,20). The molecule has 21 heavy (non-hydrogen) atoms. The molecule has 2 aliphatic heterocycles. The highest BCUT2D eigenvalue weighted by molar-refractivity contribution is 6.31. The van der Waals surface area contributed by atoms with Crippen LogP contribution < -0.4 is 5.32 Å². The third-order valence-electron chi connectivity index (χ3n) is 3.80. The molecule has 1 atom stereocenters. The fourth-order valence-corrected chi connectivity index (χ4v) is 3.08. The van der Waals surface area contributed by atoms with Crippen LogP contribution in [0.3, 0.4) is 0 Å². The van der Waals surface area contributed by atoms with Crippen molar-refractivity contribution >= 4 is 23.6 Å². The summed E-state index contributed by atoms with van der Waals surface area (Å²) in [5, 5.41) is 2.80. The third-order valence-corrected chi connectivity index (χ3v) is 4.02. The average molecular weight is 313 g/mol. The fraction of sp³-hybridized carbons (Fsp3) is 0.429. The minimum atomic E-state index is -0.665. The lowest BCUT2D eigenvalue weighted by molar-refractivity contribution is -0.00504. The van der Waals surface area contributed by atoms with Gasteiger partial charge in [0.2, 0.25) is 0 Å². The molecule has 1 spiro atoms. The first-order chi connectivity index (χ1) is 9.97. The highest BCUT2D eigenvalue weighted by atomic mass is 35.5. The lowest BCUT2D eigenvalue weighted by Gasteiger charge is -2.38.